The molecule has 0 aliphatic heterocycles. The lowest BCUT2D eigenvalue weighted by atomic mass is 10.2. The number of nitrogens with zero attached hydrogens (tertiary/aromatic N) is 2. The highest BCUT2D eigenvalue weighted by Gasteiger charge is 2.12. The van der Waals surface area contributed by atoms with Gasteiger partial charge >= 0.3 is 0 Å². The monoisotopic (exact) mass is 263 g/mol. The predicted octanol–water partition coefficient (Wildman–Crippen LogP) is 2.03. The number of nitrogen functional groups attached to an aromatic ring is 1. The molecule has 1 aromatic rings. The third-order valence-electron chi connectivity index (χ3n) is 2.74. The molecular weight excluding hydrogens is 242 g/mol. The van der Waals surface area contributed by atoms with Gasteiger partial charge in [-0.1, -0.05) is 6.07 Å². The number of anilines is 2. The highest BCUT2D eigenvalue weighted by molar-refractivity contribution is 5.74. The van der Waals surface area contributed by atoms with Gasteiger partial charge in [-0.15, -0.1) is 0 Å². The number of nitriles is 1. The van der Waals surface area contributed by atoms with Gasteiger partial charge < -0.3 is 20.1 Å². The summed E-state index contributed by atoms with van der Waals surface area (Å²) in [5.74, 6) is 0.680. The maximum Gasteiger partial charge on any atom is 0.144 e. The summed E-state index contributed by atoms with van der Waals surface area (Å²) in [6.07, 6.45) is 0.446. The fourth-order valence-electron chi connectivity index (χ4n) is 1.83. The first kappa shape index (κ1) is 15.1. The van der Waals surface area contributed by atoms with Crippen molar-refractivity contribution in [1.82, 2.24) is 0 Å². The maximum absolute atomic E-state index is 8.73. The Morgan fingerprint density at radius 1 is 1.37 bits per heavy atom. The second kappa shape index (κ2) is 8.22. The van der Waals surface area contributed by atoms with Crippen LogP contribution in [0.4, 0.5) is 11.4 Å². The maximum atomic E-state index is 8.73. The average Bonchev–Trinajstić information content (AvgIpc) is 2.42. The molecule has 0 fully saturated rings. The zero-order chi connectivity index (χ0) is 14.1. The summed E-state index contributed by atoms with van der Waals surface area (Å²) in [7, 11) is 1.66. The number of hydrogen-bond acceptors (Lipinski definition) is 5. The highest BCUT2D eigenvalue weighted by Crippen LogP contribution is 2.32. The van der Waals surface area contributed by atoms with Gasteiger partial charge in [-0.25, -0.2) is 0 Å². The summed E-state index contributed by atoms with van der Waals surface area (Å²) in [5.41, 5.74) is 7.62. The zero-order valence-electron chi connectivity index (χ0n) is 11.6. The van der Waals surface area contributed by atoms with Crippen LogP contribution in [0.15, 0.2) is 18.2 Å². The van der Waals surface area contributed by atoms with Crippen LogP contribution in [0, 0.1) is 11.3 Å². The first-order valence-electron chi connectivity index (χ1n) is 6.36. The Hall–Kier alpha value is -1.93. The third kappa shape index (κ3) is 4.34. The van der Waals surface area contributed by atoms with Crippen molar-refractivity contribution < 1.29 is 9.47 Å². The molecule has 0 atom stereocenters. The normalized spacial score (nSPS) is 9.95. The number of nitrogens with two attached hydrogens (primary N) is 1. The van der Waals surface area contributed by atoms with Crippen LogP contribution in [0.2, 0.25) is 0 Å². The van der Waals surface area contributed by atoms with Crippen molar-refractivity contribution in [3.8, 4) is 11.8 Å². The van der Waals surface area contributed by atoms with Gasteiger partial charge in [0.1, 0.15) is 5.75 Å². The number of benzene rings is 1. The highest BCUT2D eigenvalue weighted by atomic mass is 16.5. The molecule has 1 aromatic carbocycles. The van der Waals surface area contributed by atoms with Crippen molar-refractivity contribution in [1.29, 1.82) is 5.26 Å². The van der Waals surface area contributed by atoms with Crippen molar-refractivity contribution in [3.05, 3.63) is 18.2 Å². The Morgan fingerprint density at radius 2 is 2.16 bits per heavy atom. The molecule has 5 nitrogen and oxygen atoms in total. The molecule has 0 aliphatic carbocycles. The van der Waals surface area contributed by atoms with Crippen LogP contribution in [0.1, 0.15) is 13.3 Å². The Bertz CT molecular complexity index is 429. The molecule has 5 heteroatoms. The van der Waals surface area contributed by atoms with Crippen molar-refractivity contribution in [2.75, 3.05) is 44.0 Å². The van der Waals surface area contributed by atoms with E-state index in [4.69, 9.17) is 20.5 Å². The second-order valence-electron chi connectivity index (χ2n) is 4.01. The van der Waals surface area contributed by atoms with Crippen LogP contribution in [0.3, 0.4) is 0 Å². The van der Waals surface area contributed by atoms with Gasteiger partial charge in [0.15, 0.2) is 0 Å². The summed E-state index contributed by atoms with van der Waals surface area (Å²) < 4.78 is 10.6. The molecule has 0 unspecified atom stereocenters. The minimum Gasteiger partial charge on any atom is -0.492 e. The van der Waals surface area contributed by atoms with Crippen LogP contribution in [-0.4, -0.2) is 33.4 Å². The summed E-state index contributed by atoms with van der Waals surface area (Å²) in [6, 6.07) is 7.84. The van der Waals surface area contributed by atoms with Crippen LogP contribution in [0.25, 0.3) is 0 Å². The van der Waals surface area contributed by atoms with E-state index in [-0.39, 0.29) is 0 Å². The van der Waals surface area contributed by atoms with E-state index in [0.717, 1.165) is 5.69 Å². The minimum absolute atomic E-state index is 0.446. The van der Waals surface area contributed by atoms with Gasteiger partial charge in [0.05, 0.1) is 37.1 Å². The quantitative estimate of drug-likeness (QED) is 0.727. The number of hydrogen-bond donors (Lipinski definition) is 1. The number of ether oxygens (including phenoxy) is 2. The lowest BCUT2D eigenvalue weighted by Crippen LogP contribution is -2.29. The van der Waals surface area contributed by atoms with Gasteiger partial charge in [-0.3, -0.25) is 0 Å². The summed E-state index contributed by atoms with van der Waals surface area (Å²) >= 11 is 0. The summed E-state index contributed by atoms with van der Waals surface area (Å²) in [4.78, 5) is 2.05. The molecule has 0 spiro atoms. The first-order chi connectivity index (χ1) is 9.24. The molecule has 0 saturated carbocycles. The van der Waals surface area contributed by atoms with Gasteiger partial charge in [0.25, 0.3) is 0 Å². The van der Waals surface area contributed by atoms with E-state index in [0.29, 0.717) is 44.2 Å². The molecule has 0 aromatic heterocycles. The van der Waals surface area contributed by atoms with Crippen molar-refractivity contribution in [2.45, 2.75) is 13.3 Å². The number of para-hydroxylation sites is 1. The van der Waals surface area contributed by atoms with Crippen LogP contribution in [-0.2, 0) is 4.74 Å². The van der Waals surface area contributed by atoms with Crippen LogP contribution >= 0.6 is 0 Å². The van der Waals surface area contributed by atoms with E-state index in [9.17, 15) is 0 Å². The molecule has 2 N–H and O–H groups in total. The van der Waals surface area contributed by atoms with Gasteiger partial charge in [-0.05, 0) is 19.1 Å². The van der Waals surface area contributed by atoms with Gasteiger partial charge in [0, 0.05) is 20.2 Å². The van der Waals surface area contributed by atoms with E-state index in [1.807, 2.05) is 30.0 Å². The van der Waals surface area contributed by atoms with Crippen molar-refractivity contribution in [3.63, 3.8) is 0 Å². The van der Waals surface area contributed by atoms with E-state index in [1.165, 1.54) is 0 Å². The molecule has 1 rings (SSSR count). The van der Waals surface area contributed by atoms with E-state index < -0.39 is 0 Å². The molecule has 19 heavy (non-hydrogen) atoms. The van der Waals surface area contributed by atoms with Crippen molar-refractivity contribution >= 4 is 11.4 Å². The number of methoxy groups -OCH3 is 1. The summed E-state index contributed by atoms with van der Waals surface area (Å²) in [6.45, 7) is 4.40. The Kier molecular flexibility index (Phi) is 6.55. The fourth-order valence-corrected chi connectivity index (χ4v) is 1.83. The zero-order valence-corrected chi connectivity index (χ0v) is 11.6. The molecule has 0 heterocycles. The van der Waals surface area contributed by atoms with Crippen LogP contribution in [0.5, 0.6) is 5.75 Å². The molecule has 104 valence electrons. The Balaban J connectivity index is 2.93. The molecule has 0 saturated heterocycles. The standard InChI is InChI=1S/C14H21N3O2/c1-3-19-13-7-4-6-12(14(13)16)17(9-5-8-15)10-11-18-2/h4,6-7H,3,5,9-11,16H2,1-2H3. The molecule has 0 amide bonds. The Labute approximate surface area is 114 Å². The molecule has 0 radical (unpaired) electrons. The largest absolute Gasteiger partial charge is 0.492 e. The fraction of sp³-hybridized carbons (Fsp3) is 0.500. The lowest BCUT2D eigenvalue weighted by molar-refractivity contribution is 0.205. The van der Waals surface area contributed by atoms with Gasteiger partial charge in [0.2, 0.25) is 0 Å². The topological polar surface area (TPSA) is 71.5 Å². The third-order valence-corrected chi connectivity index (χ3v) is 2.74. The molecule has 0 bridgehead atoms. The molecule has 0 aliphatic rings. The minimum atomic E-state index is 0.446. The van der Waals surface area contributed by atoms with E-state index >= 15 is 0 Å². The summed E-state index contributed by atoms with van der Waals surface area (Å²) in [5, 5.41) is 8.73. The number of rotatable bonds is 8. The Morgan fingerprint density at radius 3 is 2.79 bits per heavy atom. The van der Waals surface area contributed by atoms with Crippen molar-refractivity contribution in [2.24, 2.45) is 0 Å². The van der Waals surface area contributed by atoms with Crippen LogP contribution < -0.4 is 15.4 Å². The second-order valence-corrected chi connectivity index (χ2v) is 4.01. The van der Waals surface area contributed by atoms with E-state index in [1.54, 1.807) is 7.11 Å². The van der Waals surface area contributed by atoms with E-state index in [2.05, 4.69) is 6.07 Å². The SMILES string of the molecule is CCOc1cccc(N(CCC#N)CCOC)c1N. The predicted molar refractivity (Wildman–Crippen MR) is 76.3 cm³/mol. The average molecular weight is 263 g/mol. The smallest absolute Gasteiger partial charge is 0.144 e. The first-order valence-corrected chi connectivity index (χ1v) is 6.36. The molecular formula is C14H21N3O2. The lowest BCUT2D eigenvalue weighted by Gasteiger charge is -2.25. The van der Waals surface area contributed by atoms with Gasteiger partial charge in [-0.2, -0.15) is 5.26 Å².